The summed E-state index contributed by atoms with van der Waals surface area (Å²) in [5, 5.41) is 3.83. The molecule has 0 aliphatic heterocycles. The minimum Gasteiger partial charge on any atom is -0.384 e. The van der Waals surface area contributed by atoms with Crippen LogP contribution in [0.5, 0.6) is 0 Å². The van der Waals surface area contributed by atoms with Crippen molar-refractivity contribution in [1.82, 2.24) is 10.3 Å². The van der Waals surface area contributed by atoms with Crippen LogP contribution in [-0.2, 0) is 15.6 Å². The van der Waals surface area contributed by atoms with Gasteiger partial charge in [-0.1, -0.05) is 48.5 Å². The topological polar surface area (TPSA) is 111 Å². The number of hydrogen-bond donors (Lipinski definition) is 3. The number of rotatable bonds is 7. The van der Waals surface area contributed by atoms with Crippen LogP contribution in [0, 0.1) is 0 Å². The fraction of sp³-hybridized carbons (Fsp3) is 0.370. The van der Waals surface area contributed by atoms with E-state index in [9.17, 15) is 8.42 Å². The third kappa shape index (κ3) is 5.32. The molecule has 1 heterocycles. The molecule has 2 aliphatic carbocycles. The van der Waals surface area contributed by atoms with Gasteiger partial charge in [0.1, 0.15) is 5.82 Å². The molecule has 0 saturated heterocycles. The molecule has 0 bridgehead atoms. The fourth-order valence-electron chi connectivity index (χ4n) is 4.98. The lowest BCUT2D eigenvalue weighted by molar-refractivity contribution is 0.339. The van der Waals surface area contributed by atoms with Crippen LogP contribution >= 0.6 is 0 Å². The number of nitrogens with two attached hydrogens (primary N) is 2. The predicted octanol–water partition coefficient (Wildman–Crippen LogP) is 4.02. The van der Waals surface area contributed by atoms with Crippen molar-refractivity contribution < 1.29 is 8.42 Å². The fourth-order valence-corrected chi connectivity index (χ4v) is 6.25. The zero-order valence-corrected chi connectivity index (χ0v) is 20.0. The Morgan fingerprint density at radius 3 is 2.41 bits per heavy atom. The highest BCUT2D eigenvalue weighted by Crippen LogP contribution is 2.42. The SMILES string of the molecule is Nc1ccc(S(=O)(=O)Cc2cccc(-c3ccc([C@H]4CC4NC4CCC(N)CC4)cc3)c2)cn1. The summed E-state index contributed by atoms with van der Waals surface area (Å²) in [6.07, 6.45) is 7.13. The number of pyridine rings is 1. The molecular formula is C27H32N4O2S. The zero-order chi connectivity index (χ0) is 23.7. The van der Waals surface area contributed by atoms with Gasteiger partial charge in [0.15, 0.2) is 9.84 Å². The molecule has 3 aromatic rings. The van der Waals surface area contributed by atoms with E-state index < -0.39 is 9.84 Å². The van der Waals surface area contributed by atoms with Gasteiger partial charge in [0, 0.05) is 30.2 Å². The van der Waals surface area contributed by atoms with E-state index in [0.717, 1.165) is 29.5 Å². The average molecular weight is 477 g/mol. The van der Waals surface area contributed by atoms with Crippen LogP contribution in [0.25, 0.3) is 11.1 Å². The second kappa shape index (κ2) is 9.49. The number of sulfone groups is 1. The van der Waals surface area contributed by atoms with Gasteiger partial charge in [-0.05, 0) is 66.5 Å². The highest BCUT2D eigenvalue weighted by atomic mass is 32.2. The number of nitrogens with zero attached hydrogens (tertiary/aromatic N) is 1. The minimum atomic E-state index is -3.49. The van der Waals surface area contributed by atoms with Gasteiger partial charge in [0.2, 0.25) is 0 Å². The molecule has 2 saturated carbocycles. The maximum atomic E-state index is 12.8. The van der Waals surface area contributed by atoms with Gasteiger partial charge in [-0.15, -0.1) is 0 Å². The van der Waals surface area contributed by atoms with E-state index in [0.29, 0.717) is 29.9 Å². The molecule has 2 aliphatic rings. The van der Waals surface area contributed by atoms with Crippen molar-refractivity contribution in [2.45, 2.75) is 66.8 Å². The largest absolute Gasteiger partial charge is 0.384 e. The summed E-state index contributed by atoms with van der Waals surface area (Å²) >= 11 is 0. The van der Waals surface area contributed by atoms with Crippen LogP contribution in [0.3, 0.4) is 0 Å². The standard InChI is InChI=1S/C27H32N4O2S/c28-22-8-10-23(11-9-22)31-26-15-25(26)20-6-4-19(5-7-20)21-3-1-2-18(14-21)17-34(32,33)24-12-13-27(29)30-16-24/h1-7,12-14,16,22-23,25-26,31H,8-11,15,17,28H2,(H2,29,30)/t22?,23?,25-,26?/m1/s1. The van der Waals surface area contributed by atoms with Crippen LogP contribution in [-0.4, -0.2) is 31.5 Å². The second-order valence-corrected chi connectivity index (χ2v) is 11.7. The molecule has 2 aromatic carbocycles. The first kappa shape index (κ1) is 23.0. The predicted molar refractivity (Wildman–Crippen MR) is 136 cm³/mol. The molecule has 7 heteroatoms. The lowest BCUT2D eigenvalue weighted by Gasteiger charge is -2.27. The smallest absolute Gasteiger partial charge is 0.184 e. The third-order valence-corrected chi connectivity index (χ3v) is 8.76. The highest BCUT2D eigenvalue weighted by Gasteiger charge is 2.39. The van der Waals surface area contributed by atoms with Gasteiger partial charge in [0.25, 0.3) is 0 Å². The normalized spacial score (nSPS) is 24.6. The molecule has 6 nitrogen and oxygen atoms in total. The minimum absolute atomic E-state index is 0.0774. The Morgan fingerprint density at radius 1 is 0.941 bits per heavy atom. The third-order valence-electron chi connectivity index (χ3n) is 7.09. The first-order valence-corrected chi connectivity index (χ1v) is 13.7. The molecule has 0 amide bonds. The Labute approximate surface area is 201 Å². The summed E-state index contributed by atoms with van der Waals surface area (Å²) < 4.78 is 25.6. The van der Waals surface area contributed by atoms with Crippen LogP contribution < -0.4 is 16.8 Å². The Balaban J connectivity index is 1.23. The van der Waals surface area contributed by atoms with Gasteiger partial charge >= 0.3 is 0 Å². The Hall–Kier alpha value is -2.74. The lowest BCUT2D eigenvalue weighted by atomic mass is 9.92. The van der Waals surface area contributed by atoms with E-state index in [1.165, 1.54) is 43.2 Å². The summed E-state index contributed by atoms with van der Waals surface area (Å²) in [7, 11) is -3.49. The molecule has 2 atom stereocenters. The summed E-state index contributed by atoms with van der Waals surface area (Å²) in [5.41, 5.74) is 15.8. The van der Waals surface area contributed by atoms with Crippen molar-refractivity contribution >= 4 is 15.7 Å². The number of hydrogen-bond acceptors (Lipinski definition) is 6. The number of aromatic nitrogens is 1. The Morgan fingerprint density at radius 2 is 1.71 bits per heavy atom. The van der Waals surface area contributed by atoms with Crippen LogP contribution in [0.1, 0.15) is 49.1 Å². The molecule has 5 N–H and O–H groups in total. The molecular weight excluding hydrogens is 444 g/mol. The molecule has 1 unspecified atom stereocenters. The maximum Gasteiger partial charge on any atom is 0.184 e. The van der Waals surface area contributed by atoms with Crippen LogP contribution in [0.4, 0.5) is 5.82 Å². The molecule has 178 valence electrons. The van der Waals surface area contributed by atoms with Crippen molar-refractivity contribution in [3.05, 3.63) is 78.0 Å². The maximum absolute atomic E-state index is 12.8. The van der Waals surface area contributed by atoms with Crippen LogP contribution in [0.2, 0.25) is 0 Å². The number of nitrogen functional groups attached to an aromatic ring is 1. The van der Waals surface area contributed by atoms with E-state index in [2.05, 4.69) is 34.6 Å². The van der Waals surface area contributed by atoms with E-state index in [1.807, 2.05) is 24.3 Å². The lowest BCUT2D eigenvalue weighted by Crippen LogP contribution is -2.38. The van der Waals surface area contributed by atoms with Crippen molar-refractivity contribution in [3.8, 4) is 11.1 Å². The Kier molecular flexibility index (Phi) is 6.42. The molecule has 0 spiro atoms. The van der Waals surface area contributed by atoms with E-state index in [-0.39, 0.29) is 10.6 Å². The van der Waals surface area contributed by atoms with E-state index in [4.69, 9.17) is 11.5 Å². The van der Waals surface area contributed by atoms with Crippen molar-refractivity contribution in [3.63, 3.8) is 0 Å². The summed E-state index contributed by atoms with van der Waals surface area (Å²) in [6, 6.07) is 21.0. The quantitative estimate of drug-likeness (QED) is 0.475. The van der Waals surface area contributed by atoms with Gasteiger partial charge in [0.05, 0.1) is 10.6 Å². The first-order valence-electron chi connectivity index (χ1n) is 12.0. The summed E-state index contributed by atoms with van der Waals surface area (Å²) in [4.78, 5) is 4.09. The molecule has 2 fully saturated rings. The number of anilines is 1. The monoisotopic (exact) mass is 476 g/mol. The second-order valence-electron chi connectivity index (χ2n) is 9.73. The number of benzene rings is 2. The van der Waals surface area contributed by atoms with Crippen LogP contribution in [0.15, 0.2) is 71.8 Å². The van der Waals surface area contributed by atoms with Gasteiger partial charge in [-0.25, -0.2) is 13.4 Å². The van der Waals surface area contributed by atoms with Gasteiger partial charge in [-0.2, -0.15) is 0 Å². The molecule has 0 radical (unpaired) electrons. The highest BCUT2D eigenvalue weighted by molar-refractivity contribution is 7.90. The summed E-state index contributed by atoms with van der Waals surface area (Å²) in [6.45, 7) is 0. The van der Waals surface area contributed by atoms with Crippen molar-refractivity contribution in [1.29, 1.82) is 0 Å². The van der Waals surface area contributed by atoms with E-state index in [1.54, 1.807) is 0 Å². The molecule has 34 heavy (non-hydrogen) atoms. The molecule has 1 aromatic heterocycles. The van der Waals surface area contributed by atoms with Gasteiger partial charge < -0.3 is 16.8 Å². The average Bonchev–Trinajstić information content (AvgIpc) is 3.60. The van der Waals surface area contributed by atoms with Crippen molar-refractivity contribution in [2.75, 3.05) is 5.73 Å². The van der Waals surface area contributed by atoms with Gasteiger partial charge in [-0.3, -0.25) is 0 Å². The van der Waals surface area contributed by atoms with E-state index >= 15 is 0 Å². The first-order chi connectivity index (χ1) is 16.4. The summed E-state index contributed by atoms with van der Waals surface area (Å²) in [5.74, 6) is 0.803. The molecule has 5 rings (SSSR count). The zero-order valence-electron chi connectivity index (χ0n) is 19.2. The van der Waals surface area contributed by atoms with Crippen molar-refractivity contribution in [2.24, 2.45) is 5.73 Å². The Bertz CT molecular complexity index is 1230. The number of nitrogens with one attached hydrogen (secondary N) is 1.